The van der Waals surface area contributed by atoms with Crippen LogP contribution in [-0.4, -0.2) is 34.7 Å². The van der Waals surface area contributed by atoms with E-state index in [9.17, 15) is 40.4 Å². The topological polar surface area (TPSA) is 37.4 Å². The van der Waals surface area contributed by atoms with Crippen molar-refractivity contribution in [1.29, 1.82) is 0 Å². The maximum atomic E-state index is 12.3. The molecule has 0 aromatic rings. The Morgan fingerprint density at radius 2 is 1.07 bits per heavy atom. The van der Waals surface area contributed by atoms with Crippen molar-refractivity contribution >= 4 is 11.8 Å². The molecular weight excluding hydrogens is 239 g/mol. The van der Waals surface area contributed by atoms with Crippen LogP contribution in [0.25, 0.3) is 0 Å². The molecule has 0 bridgehead atoms. The maximum Gasteiger partial charge on any atom is 0.396 e. The van der Waals surface area contributed by atoms with Crippen LogP contribution in [0, 0.1) is 0 Å². The van der Waals surface area contributed by atoms with Crippen molar-refractivity contribution in [3.8, 4) is 0 Å². The molecule has 1 aliphatic rings. The summed E-state index contributed by atoms with van der Waals surface area (Å²) in [6.45, 7) is 0. The van der Waals surface area contributed by atoms with Gasteiger partial charge in [0, 0.05) is 0 Å². The number of nitrogens with zero attached hydrogens (tertiary/aromatic N) is 1. The SMILES string of the molecule is O=C1N(F)C(=O)C(F)(F)C(F)(F)C1(F)F. The van der Waals surface area contributed by atoms with Crippen molar-refractivity contribution < 1.29 is 40.4 Å². The van der Waals surface area contributed by atoms with Crippen LogP contribution in [0.3, 0.4) is 0 Å². The van der Waals surface area contributed by atoms with Gasteiger partial charge in [0.15, 0.2) is 0 Å². The van der Waals surface area contributed by atoms with Gasteiger partial charge in [0.05, 0.1) is 0 Å². The predicted octanol–water partition coefficient (Wildman–Crippen LogP) is 1.15. The van der Waals surface area contributed by atoms with Crippen molar-refractivity contribution in [2.24, 2.45) is 0 Å². The Morgan fingerprint density at radius 1 is 0.800 bits per heavy atom. The Balaban J connectivity index is 3.40. The highest BCUT2D eigenvalue weighted by Gasteiger charge is 2.84. The summed E-state index contributed by atoms with van der Waals surface area (Å²) in [6, 6.07) is 0. The first-order chi connectivity index (χ1) is 6.48. The van der Waals surface area contributed by atoms with Gasteiger partial charge >= 0.3 is 29.6 Å². The first-order valence-electron chi connectivity index (χ1n) is 3.16. The highest BCUT2D eigenvalue weighted by Crippen LogP contribution is 2.50. The van der Waals surface area contributed by atoms with Crippen LogP contribution in [-0.2, 0) is 9.59 Å². The fraction of sp³-hybridized carbons (Fsp3) is 0.600. The van der Waals surface area contributed by atoms with E-state index in [-0.39, 0.29) is 0 Å². The molecule has 0 radical (unpaired) electrons. The van der Waals surface area contributed by atoms with Crippen LogP contribution in [0.4, 0.5) is 30.8 Å². The zero-order valence-corrected chi connectivity index (χ0v) is 6.41. The molecule has 0 spiro atoms. The van der Waals surface area contributed by atoms with Gasteiger partial charge < -0.3 is 0 Å². The molecule has 1 saturated heterocycles. The molecule has 1 fully saturated rings. The van der Waals surface area contributed by atoms with E-state index in [0.717, 1.165) is 0 Å². The molecule has 10 heteroatoms. The van der Waals surface area contributed by atoms with Gasteiger partial charge in [0.25, 0.3) is 0 Å². The summed E-state index contributed by atoms with van der Waals surface area (Å²) in [7, 11) is 0. The van der Waals surface area contributed by atoms with E-state index in [2.05, 4.69) is 0 Å². The number of amides is 2. The zero-order chi connectivity index (χ0) is 12.2. The van der Waals surface area contributed by atoms with Gasteiger partial charge in [-0.25, -0.2) is 0 Å². The van der Waals surface area contributed by atoms with Crippen LogP contribution in [0.5, 0.6) is 0 Å². The van der Waals surface area contributed by atoms with Gasteiger partial charge in [-0.1, -0.05) is 9.60 Å². The minimum atomic E-state index is -6.25. The van der Waals surface area contributed by atoms with E-state index in [0.29, 0.717) is 0 Å². The monoisotopic (exact) mass is 239 g/mol. The lowest BCUT2D eigenvalue weighted by molar-refractivity contribution is -0.315. The molecule has 86 valence electrons. The first kappa shape index (κ1) is 11.7. The van der Waals surface area contributed by atoms with Crippen LogP contribution in [0.1, 0.15) is 0 Å². The number of rotatable bonds is 0. The lowest BCUT2D eigenvalue weighted by Crippen LogP contribution is -2.71. The fourth-order valence-corrected chi connectivity index (χ4v) is 0.805. The van der Waals surface area contributed by atoms with Crippen molar-refractivity contribution in [3.05, 3.63) is 0 Å². The molecular formula is C5F7NO2. The summed E-state index contributed by atoms with van der Waals surface area (Å²) in [5.41, 5.74) is 0. The molecule has 0 unspecified atom stereocenters. The van der Waals surface area contributed by atoms with Crippen molar-refractivity contribution in [1.82, 2.24) is 5.12 Å². The van der Waals surface area contributed by atoms with Crippen molar-refractivity contribution in [3.63, 3.8) is 0 Å². The lowest BCUT2D eigenvalue weighted by atomic mass is 9.98. The minimum Gasteiger partial charge on any atom is -0.264 e. The van der Waals surface area contributed by atoms with Gasteiger partial charge in [-0.15, -0.1) is 0 Å². The molecule has 3 nitrogen and oxygen atoms in total. The summed E-state index contributed by atoms with van der Waals surface area (Å²) in [6.07, 6.45) is 0. The molecule has 0 aliphatic carbocycles. The summed E-state index contributed by atoms with van der Waals surface area (Å²) in [5.74, 6) is -24.8. The van der Waals surface area contributed by atoms with E-state index in [1.54, 1.807) is 0 Å². The summed E-state index contributed by atoms with van der Waals surface area (Å²) in [5, 5.41) is -2.21. The summed E-state index contributed by atoms with van der Waals surface area (Å²) in [4.78, 5) is 20.3. The largest absolute Gasteiger partial charge is 0.396 e. The van der Waals surface area contributed by atoms with Gasteiger partial charge in [-0.3, -0.25) is 9.59 Å². The predicted molar refractivity (Wildman–Crippen MR) is 27.8 cm³/mol. The van der Waals surface area contributed by atoms with Gasteiger partial charge in [0.2, 0.25) is 0 Å². The number of imide groups is 1. The number of carbonyl (C=O) groups excluding carboxylic acids is 2. The molecule has 1 rings (SSSR count). The van der Waals surface area contributed by atoms with Crippen LogP contribution in [0.15, 0.2) is 0 Å². The van der Waals surface area contributed by atoms with Crippen LogP contribution >= 0.6 is 0 Å². The highest BCUT2D eigenvalue weighted by atomic mass is 19.3. The van der Waals surface area contributed by atoms with Crippen molar-refractivity contribution in [2.75, 3.05) is 0 Å². The standard InChI is InChI=1S/C5F7NO2/c6-3(7)1(14)13(12)2(15)4(8,9)5(3,10)11. The molecule has 0 N–H and O–H groups in total. The van der Waals surface area contributed by atoms with Gasteiger partial charge in [0.1, 0.15) is 0 Å². The average Bonchev–Trinajstić information content (AvgIpc) is 2.12. The van der Waals surface area contributed by atoms with Crippen LogP contribution < -0.4 is 0 Å². The third-order valence-corrected chi connectivity index (χ3v) is 1.68. The number of hydrogen-bond donors (Lipinski definition) is 0. The molecule has 0 aromatic heterocycles. The average molecular weight is 239 g/mol. The second kappa shape index (κ2) is 2.61. The first-order valence-corrected chi connectivity index (χ1v) is 3.16. The molecule has 0 aromatic carbocycles. The number of hydrogen-bond acceptors (Lipinski definition) is 2. The quantitative estimate of drug-likeness (QED) is 0.361. The van der Waals surface area contributed by atoms with Gasteiger partial charge in [-0.2, -0.15) is 26.3 Å². The van der Waals surface area contributed by atoms with Crippen molar-refractivity contribution in [2.45, 2.75) is 17.8 Å². The molecule has 15 heavy (non-hydrogen) atoms. The minimum absolute atomic E-state index is 2.21. The summed E-state index contributed by atoms with van der Waals surface area (Å²) < 4.78 is 85.9. The van der Waals surface area contributed by atoms with E-state index >= 15 is 0 Å². The number of halogens is 7. The third kappa shape index (κ3) is 1.07. The number of carbonyl (C=O) groups is 2. The third-order valence-electron chi connectivity index (χ3n) is 1.68. The van der Waals surface area contributed by atoms with E-state index in [1.165, 1.54) is 0 Å². The summed E-state index contributed by atoms with van der Waals surface area (Å²) >= 11 is 0. The Hall–Kier alpha value is -1.35. The zero-order valence-electron chi connectivity index (χ0n) is 6.41. The second-order valence-electron chi connectivity index (χ2n) is 2.61. The molecule has 0 saturated carbocycles. The fourth-order valence-electron chi connectivity index (χ4n) is 0.805. The Kier molecular flexibility index (Phi) is 2.04. The number of piperidine rings is 1. The Morgan fingerprint density at radius 3 is 1.33 bits per heavy atom. The normalized spacial score (nSPS) is 28.1. The highest BCUT2D eigenvalue weighted by molar-refractivity contribution is 6.05. The smallest absolute Gasteiger partial charge is 0.264 e. The Bertz CT molecular complexity index is 308. The maximum absolute atomic E-state index is 12.3. The lowest BCUT2D eigenvalue weighted by Gasteiger charge is -2.36. The van der Waals surface area contributed by atoms with E-state index < -0.39 is 34.7 Å². The molecule has 2 amide bonds. The van der Waals surface area contributed by atoms with Gasteiger partial charge in [-0.05, 0) is 0 Å². The molecule has 0 atom stereocenters. The Labute approximate surface area is 76.4 Å². The van der Waals surface area contributed by atoms with E-state index in [1.807, 2.05) is 0 Å². The van der Waals surface area contributed by atoms with E-state index in [4.69, 9.17) is 0 Å². The number of alkyl halides is 6. The van der Waals surface area contributed by atoms with Crippen LogP contribution in [0.2, 0.25) is 0 Å². The molecule has 1 aliphatic heterocycles. The second-order valence-corrected chi connectivity index (χ2v) is 2.61. The molecule has 1 heterocycles.